The van der Waals surface area contributed by atoms with E-state index in [1.807, 2.05) is 12.1 Å². The van der Waals surface area contributed by atoms with Crippen molar-refractivity contribution in [3.05, 3.63) is 29.8 Å². The summed E-state index contributed by atoms with van der Waals surface area (Å²) in [7, 11) is 0. The largest absolute Gasteiger partial charge is 0.337 e. The molecule has 0 aliphatic heterocycles. The normalized spacial score (nSPS) is 10.2. The lowest BCUT2D eigenvalue weighted by atomic mass is 10.1. The topological polar surface area (TPSA) is 63.8 Å². The maximum absolute atomic E-state index is 5.14. The smallest absolute Gasteiger partial charge is 0.240 e. The third-order valence-corrected chi connectivity index (χ3v) is 2.46. The second kappa shape index (κ2) is 5.94. The van der Waals surface area contributed by atoms with Gasteiger partial charge in [0.2, 0.25) is 11.7 Å². The van der Waals surface area contributed by atoms with E-state index in [1.165, 1.54) is 0 Å². The Morgan fingerprint density at radius 1 is 1.50 bits per heavy atom. The van der Waals surface area contributed by atoms with E-state index in [1.54, 1.807) is 6.20 Å². The molecule has 0 aliphatic rings. The first-order valence-corrected chi connectivity index (χ1v) is 5.76. The third-order valence-electron chi connectivity index (χ3n) is 2.46. The molecule has 92 valence electrons. The van der Waals surface area contributed by atoms with Gasteiger partial charge in [0.15, 0.2) is 0 Å². The molecule has 5 heteroatoms. The number of terminal acetylenes is 1. The summed E-state index contributed by atoms with van der Waals surface area (Å²) in [6.45, 7) is 3.00. The Kier molecular flexibility index (Phi) is 4.05. The monoisotopic (exact) mass is 242 g/mol. The zero-order valence-electron chi connectivity index (χ0n) is 10.2. The van der Waals surface area contributed by atoms with Gasteiger partial charge in [0.1, 0.15) is 5.69 Å². The summed E-state index contributed by atoms with van der Waals surface area (Å²) in [6.07, 6.45) is 7.74. The molecule has 2 heterocycles. The van der Waals surface area contributed by atoms with E-state index >= 15 is 0 Å². The van der Waals surface area contributed by atoms with Crippen LogP contribution in [0.4, 0.5) is 0 Å². The van der Waals surface area contributed by atoms with Gasteiger partial charge in [-0.1, -0.05) is 24.1 Å². The highest BCUT2D eigenvalue weighted by Gasteiger charge is 2.12. The maximum Gasteiger partial charge on any atom is 0.240 e. The van der Waals surface area contributed by atoms with Crippen molar-refractivity contribution in [1.29, 1.82) is 0 Å². The van der Waals surface area contributed by atoms with Gasteiger partial charge >= 0.3 is 0 Å². The first kappa shape index (κ1) is 12.3. The van der Waals surface area contributed by atoms with Crippen LogP contribution in [0.2, 0.25) is 0 Å². The van der Waals surface area contributed by atoms with Crippen molar-refractivity contribution in [1.82, 2.24) is 20.4 Å². The zero-order valence-corrected chi connectivity index (χ0v) is 10.2. The van der Waals surface area contributed by atoms with Gasteiger partial charge in [-0.2, -0.15) is 4.98 Å². The molecule has 0 aromatic carbocycles. The summed E-state index contributed by atoms with van der Waals surface area (Å²) in [4.78, 5) is 8.58. The standard InChI is InChI=1S/C13H14N4O/c1-3-7-14-9-11-16-13(17-18-11)12-10(4-2)6-5-8-15-12/h1,5-6,8,14H,4,7,9H2,2H3. The fraction of sp³-hybridized carbons (Fsp3) is 0.308. The molecule has 2 aromatic rings. The summed E-state index contributed by atoms with van der Waals surface area (Å²) in [5.74, 6) is 3.51. The highest BCUT2D eigenvalue weighted by molar-refractivity contribution is 5.53. The molecule has 0 saturated heterocycles. The average Bonchev–Trinajstić information content (AvgIpc) is 2.88. The van der Waals surface area contributed by atoms with Crippen molar-refractivity contribution in [2.45, 2.75) is 19.9 Å². The Labute approximate surface area is 106 Å². The van der Waals surface area contributed by atoms with Crippen molar-refractivity contribution >= 4 is 0 Å². The fourth-order valence-corrected chi connectivity index (χ4v) is 1.59. The Hall–Kier alpha value is -2.19. The van der Waals surface area contributed by atoms with Gasteiger partial charge in [0, 0.05) is 6.20 Å². The van der Waals surface area contributed by atoms with Gasteiger partial charge in [-0.15, -0.1) is 6.42 Å². The van der Waals surface area contributed by atoms with Crippen molar-refractivity contribution in [2.24, 2.45) is 0 Å². The van der Waals surface area contributed by atoms with E-state index in [-0.39, 0.29) is 0 Å². The molecule has 0 fully saturated rings. The van der Waals surface area contributed by atoms with E-state index in [4.69, 9.17) is 10.9 Å². The molecule has 0 amide bonds. The minimum absolute atomic E-state index is 0.464. The fourth-order valence-electron chi connectivity index (χ4n) is 1.59. The van der Waals surface area contributed by atoms with Crippen molar-refractivity contribution in [3.63, 3.8) is 0 Å². The van der Waals surface area contributed by atoms with Gasteiger partial charge in [-0.25, -0.2) is 0 Å². The predicted octanol–water partition coefficient (Wildman–Crippen LogP) is 1.42. The predicted molar refractivity (Wildman–Crippen MR) is 67.4 cm³/mol. The van der Waals surface area contributed by atoms with Crippen LogP contribution in [0.25, 0.3) is 11.5 Å². The van der Waals surface area contributed by atoms with Crippen molar-refractivity contribution in [2.75, 3.05) is 6.54 Å². The second-order valence-electron chi connectivity index (χ2n) is 3.68. The minimum atomic E-state index is 0.464. The molecule has 0 bridgehead atoms. The van der Waals surface area contributed by atoms with Crippen molar-refractivity contribution < 1.29 is 4.52 Å². The lowest BCUT2D eigenvalue weighted by Crippen LogP contribution is -2.13. The summed E-state index contributed by atoms with van der Waals surface area (Å²) >= 11 is 0. The van der Waals surface area contributed by atoms with Crippen LogP contribution in [0.15, 0.2) is 22.9 Å². The van der Waals surface area contributed by atoms with Crippen LogP contribution < -0.4 is 5.32 Å². The highest BCUT2D eigenvalue weighted by atomic mass is 16.5. The van der Waals surface area contributed by atoms with Crippen LogP contribution in [0, 0.1) is 12.3 Å². The molecule has 18 heavy (non-hydrogen) atoms. The Bertz CT molecular complexity index is 556. The zero-order chi connectivity index (χ0) is 12.8. The maximum atomic E-state index is 5.14. The molecule has 0 saturated carbocycles. The van der Waals surface area contributed by atoms with Gasteiger partial charge in [-0.3, -0.25) is 10.3 Å². The number of nitrogens with one attached hydrogen (secondary N) is 1. The number of aromatic nitrogens is 3. The first-order chi connectivity index (χ1) is 8.85. The Morgan fingerprint density at radius 2 is 2.39 bits per heavy atom. The van der Waals surface area contributed by atoms with Crippen LogP contribution in [-0.2, 0) is 13.0 Å². The quantitative estimate of drug-likeness (QED) is 0.634. The van der Waals surface area contributed by atoms with E-state index in [0.717, 1.165) is 17.7 Å². The molecular weight excluding hydrogens is 228 g/mol. The molecule has 0 unspecified atom stereocenters. The summed E-state index contributed by atoms with van der Waals surface area (Å²) in [6, 6.07) is 3.91. The van der Waals surface area contributed by atoms with Crippen LogP contribution in [0.3, 0.4) is 0 Å². The molecule has 1 N–H and O–H groups in total. The number of aryl methyl sites for hydroxylation is 1. The Morgan fingerprint density at radius 3 is 3.17 bits per heavy atom. The van der Waals surface area contributed by atoms with Gasteiger partial charge < -0.3 is 4.52 Å². The van der Waals surface area contributed by atoms with E-state index in [9.17, 15) is 0 Å². The van der Waals surface area contributed by atoms with Crippen LogP contribution in [0.5, 0.6) is 0 Å². The minimum Gasteiger partial charge on any atom is -0.337 e. The number of pyridine rings is 1. The highest BCUT2D eigenvalue weighted by Crippen LogP contribution is 2.18. The number of hydrogen-bond acceptors (Lipinski definition) is 5. The average molecular weight is 242 g/mol. The van der Waals surface area contributed by atoms with Crippen LogP contribution in [0.1, 0.15) is 18.4 Å². The van der Waals surface area contributed by atoms with Crippen molar-refractivity contribution in [3.8, 4) is 23.9 Å². The summed E-state index contributed by atoms with van der Waals surface area (Å²) in [5, 5.41) is 6.93. The first-order valence-electron chi connectivity index (χ1n) is 5.76. The molecule has 5 nitrogen and oxygen atoms in total. The van der Waals surface area contributed by atoms with Gasteiger partial charge in [0.25, 0.3) is 0 Å². The summed E-state index contributed by atoms with van der Waals surface area (Å²) in [5.41, 5.74) is 1.87. The second-order valence-corrected chi connectivity index (χ2v) is 3.68. The van der Waals surface area contributed by atoms with Crippen LogP contribution >= 0.6 is 0 Å². The number of nitrogens with zero attached hydrogens (tertiary/aromatic N) is 3. The SMILES string of the molecule is C#CCNCc1nc(-c2ncccc2CC)no1. The van der Waals surface area contributed by atoms with Crippen LogP contribution in [-0.4, -0.2) is 21.7 Å². The molecule has 0 atom stereocenters. The molecule has 0 aliphatic carbocycles. The summed E-state index contributed by atoms with van der Waals surface area (Å²) < 4.78 is 5.13. The van der Waals surface area contributed by atoms with E-state index in [0.29, 0.717) is 24.8 Å². The number of rotatable bonds is 5. The lowest BCUT2D eigenvalue weighted by molar-refractivity contribution is 0.370. The molecule has 2 rings (SSSR count). The van der Waals surface area contributed by atoms with E-state index < -0.39 is 0 Å². The molecular formula is C13H14N4O. The molecule has 0 spiro atoms. The van der Waals surface area contributed by atoms with Gasteiger partial charge in [0.05, 0.1) is 13.1 Å². The molecule has 2 aromatic heterocycles. The lowest BCUT2D eigenvalue weighted by Gasteiger charge is -2.00. The third kappa shape index (κ3) is 2.73. The number of hydrogen-bond donors (Lipinski definition) is 1. The van der Waals surface area contributed by atoms with E-state index in [2.05, 4.69) is 33.3 Å². The molecule has 0 radical (unpaired) electrons. The van der Waals surface area contributed by atoms with Gasteiger partial charge in [-0.05, 0) is 18.1 Å². The Balaban J connectivity index is 2.16.